The molecule has 0 aromatic carbocycles. The first-order valence-corrected chi connectivity index (χ1v) is 22.6. The first-order valence-electron chi connectivity index (χ1n) is 22.6. The number of carbonyl (C=O) groups is 2. The second kappa shape index (κ2) is 27.6. The number of carbonyl (C=O) groups excluding carboxylic acids is 1. The minimum absolute atomic E-state index is 0.138. The zero-order valence-corrected chi connectivity index (χ0v) is 37.8. The van der Waals surface area contributed by atoms with Gasteiger partial charge in [0.15, 0.2) is 12.1 Å². The molecule has 0 aromatic heterocycles. The van der Waals surface area contributed by atoms with Crippen LogP contribution in [0.3, 0.4) is 0 Å². The van der Waals surface area contributed by atoms with Crippen LogP contribution in [0.2, 0.25) is 0 Å². The van der Waals surface area contributed by atoms with Gasteiger partial charge in [-0.3, -0.25) is 9.59 Å². The standard InChI is InChI=1S/C47H75NO17/c1-27-17-15-13-11-9-7-5-6-8-10-12-14-16-18-34(64-46-44(58)41(48)43(57)30(4)63-46)24-38-40(45(59)60)37(54)26-47(61,65-38)25-36(53)35(52)20-19-31(49)21-32(50)22-33(51)23-39(55)62-29(3)28(2)42(27)56/h5-6,8,10-18,27-38,40-44,46,49-54,56-58,61H,7,9,19-26,48H2,1-4H3,(H,59,60)/b6-5+,10-8+,13-11+,14-12+,17-15+,18-16+/t27-,28-,29-,30+,31+,32+,33+,34-,35+,36+,37-,38-,40+,41-,42+,43+,44-,46+,47+/m0/s1. The van der Waals surface area contributed by atoms with Gasteiger partial charge in [0.2, 0.25) is 0 Å². The van der Waals surface area contributed by atoms with Crippen LogP contribution in [0.15, 0.2) is 72.9 Å². The molecular weight excluding hydrogens is 851 g/mol. The summed E-state index contributed by atoms with van der Waals surface area (Å²) in [7, 11) is 0. The monoisotopic (exact) mass is 926 g/mol. The summed E-state index contributed by atoms with van der Waals surface area (Å²) in [6, 6.07) is -1.14. The fourth-order valence-corrected chi connectivity index (χ4v) is 8.11. The maximum absolute atomic E-state index is 12.6. The van der Waals surface area contributed by atoms with Crippen molar-refractivity contribution in [1.82, 2.24) is 0 Å². The van der Waals surface area contributed by atoms with Crippen molar-refractivity contribution in [2.75, 3.05) is 0 Å². The van der Waals surface area contributed by atoms with E-state index in [9.17, 15) is 65.8 Å². The maximum Gasteiger partial charge on any atom is 0.311 e. The Hall–Kier alpha value is -3.18. The lowest BCUT2D eigenvalue weighted by Crippen LogP contribution is -2.61. The number of allylic oxidation sites excluding steroid dienone is 10. The van der Waals surface area contributed by atoms with Crippen LogP contribution in [0.1, 0.15) is 91.9 Å². The van der Waals surface area contributed by atoms with Gasteiger partial charge in [0.1, 0.15) is 18.1 Å². The maximum atomic E-state index is 12.6. The van der Waals surface area contributed by atoms with Crippen molar-refractivity contribution < 1.29 is 84.7 Å². The van der Waals surface area contributed by atoms with Crippen molar-refractivity contribution in [2.24, 2.45) is 23.5 Å². The van der Waals surface area contributed by atoms with Crippen LogP contribution in [-0.2, 0) is 28.5 Å². The fourth-order valence-electron chi connectivity index (χ4n) is 8.11. The summed E-state index contributed by atoms with van der Waals surface area (Å²) >= 11 is 0. The van der Waals surface area contributed by atoms with E-state index in [0.717, 1.165) is 12.8 Å². The number of esters is 1. The average molecular weight is 926 g/mol. The molecule has 0 amide bonds. The smallest absolute Gasteiger partial charge is 0.311 e. The Balaban J connectivity index is 1.84. The number of aliphatic hydroxyl groups is 10. The second-order valence-electron chi connectivity index (χ2n) is 17.8. The SMILES string of the molecule is C[C@@H]1[C@H](O)[C@@H](C)/C=C/C=C/CC/C=C/C=C/C=C/C=C/[C@H](O[C@H]2O[C@H](C)[C@@H](O)[C@H](N)[C@@H]2O)C[C@@H]2O[C@](O)(C[C@@H](O)[C@H](O)CC[C@@H](O)C[C@@H](O)C[C@@H](O)CC(=O)O[C@H]1C)C[C@H](O)[C@H]2C(=O)O. The van der Waals surface area contributed by atoms with E-state index in [1.54, 1.807) is 38.2 Å². The van der Waals surface area contributed by atoms with E-state index in [1.807, 2.05) is 49.5 Å². The number of nitrogens with two attached hydrogens (primary N) is 1. The number of carboxylic acids is 1. The number of aliphatic carboxylic acids is 1. The molecule has 370 valence electrons. The van der Waals surface area contributed by atoms with Crippen molar-refractivity contribution in [3.05, 3.63) is 72.9 Å². The molecule has 0 aliphatic carbocycles. The van der Waals surface area contributed by atoms with Crippen LogP contribution >= 0.6 is 0 Å². The van der Waals surface area contributed by atoms with Gasteiger partial charge in [0.05, 0.1) is 79.6 Å². The Morgan fingerprint density at radius 1 is 0.692 bits per heavy atom. The molecule has 19 atom stereocenters. The van der Waals surface area contributed by atoms with Gasteiger partial charge in [0, 0.05) is 31.1 Å². The molecule has 3 aliphatic heterocycles. The number of carboxylic acid groups (broad SMARTS) is 1. The van der Waals surface area contributed by atoms with Crippen LogP contribution in [0.25, 0.3) is 0 Å². The van der Waals surface area contributed by atoms with Gasteiger partial charge in [0.25, 0.3) is 0 Å². The highest BCUT2D eigenvalue weighted by Crippen LogP contribution is 2.38. The molecule has 2 saturated heterocycles. The van der Waals surface area contributed by atoms with E-state index < -0.39 is 141 Å². The van der Waals surface area contributed by atoms with Crippen molar-refractivity contribution in [1.29, 1.82) is 0 Å². The molecule has 3 aliphatic rings. The van der Waals surface area contributed by atoms with Crippen LogP contribution in [0, 0.1) is 17.8 Å². The fraction of sp³-hybridized carbons (Fsp3) is 0.702. The van der Waals surface area contributed by atoms with Gasteiger partial charge in [-0.15, -0.1) is 0 Å². The topological polar surface area (TPSA) is 320 Å². The molecule has 2 bridgehead atoms. The third-order valence-electron chi connectivity index (χ3n) is 12.2. The molecule has 0 unspecified atom stereocenters. The lowest BCUT2D eigenvalue weighted by Gasteiger charge is -2.45. The van der Waals surface area contributed by atoms with Crippen molar-refractivity contribution in [3.8, 4) is 0 Å². The van der Waals surface area contributed by atoms with E-state index in [-0.39, 0.29) is 38.0 Å². The number of aliphatic hydroxyl groups excluding tert-OH is 9. The Morgan fingerprint density at radius 2 is 1.28 bits per heavy atom. The van der Waals surface area contributed by atoms with Crippen molar-refractivity contribution >= 4 is 11.9 Å². The summed E-state index contributed by atoms with van der Waals surface area (Å²) in [5.41, 5.74) is 6.02. The third-order valence-corrected chi connectivity index (χ3v) is 12.2. The molecule has 18 nitrogen and oxygen atoms in total. The first-order chi connectivity index (χ1) is 30.6. The normalized spacial score (nSPS) is 45.2. The molecule has 3 heterocycles. The van der Waals surface area contributed by atoms with E-state index in [4.69, 9.17) is 24.7 Å². The summed E-state index contributed by atoms with van der Waals surface area (Å²) in [4.78, 5) is 25.1. The molecule has 3 rings (SSSR count). The van der Waals surface area contributed by atoms with Crippen LogP contribution in [0.5, 0.6) is 0 Å². The van der Waals surface area contributed by atoms with Gasteiger partial charge in [-0.2, -0.15) is 0 Å². The van der Waals surface area contributed by atoms with E-state index in [0.29, 0.717) is 0 Å². The number of hydrogen-bond acceptors (Lipinski definition) is 17. The van der Waals surface area contributed by atoms with E-state index >= 15 is 0 Å². The first kappa shape index (κ1) is 56.1. The molecule has 65 heavy (non-hydrogen) atoms. The molecule has 18 heteroatoms. The molecule has 0 aromatic rings. The third kappa shape index (κ3) is 18.8. The molecule has 13 N–H and O–H groups in total. The predicted octanol–water partition coefficient (Wildman–Crippen LogP) is 0.936. The number of hydrogen-bond donors (Lipinski definition) is 12. The van der Waals surface area contributed by atoms with Gasteiger partial charge in [-0.1, -0.05) is 86.8 Å². The Morgan fingerprint density at radius 3 is 1.94 bits per heavy atom. The zero-order valence-electron chi connectivity index (χ0n) is 37.8. The zero-order chi connectivity index (χ0) is 48.4. The van der Waals surface area contributed by atoms with Crippen LogP contribution < -0.4 is 5.73 Å². The molecule has 0 spiro atoms. The van der Waals surface area contributed by atoms with E-state index in [1.165, 1.54) is 13.0 Å². The van der Waals surface area contributed by atoms with E-state index in [2.05, 4.69) is 0 Å². The lowest BCUT2D eigenvalue weighted by molar-refractivity contribution is -0.310. The van der Waals surface area contributed by atoms with Crippen LogP contribution in [-0.4, -0.2) is 166 Å². The minimum atomic E-state index is -2.35. The Labute approximate surface area is 381 Å². The van der Waals surface area contributed by atoms with Gasteiger partial charge in [-0.05, 0) is 52.4 Å². The summed E-state index contributed by atoms with van der Waals surface area (Å²) in [5, 5.41) is 118. The number of cyclic esters (lactones) is 1. The molecular formula is C47H75NO17. The number of fused-ring (bicyclic) bond motifs is 2. The highest BCUT2D eigenvalue weighted by Gasteiger charge is 2.51. The summed E-state index contributed by atoms with van der Waals surface area (Å²) in [5.74, 6) is -6.82. The quantitative estimate of drug-likeness (QED) is 0.175. The lowest BCUT2D eigenvalue weighted by atomic mass is 9.82. The number of rotatable bonds is 3. The Kier molecular flexibility index (Phi) is 23.8. The van der Waals surface area contributed by atoms with Gasteiger partial charge in [-0.25, -0.2) is 0 Å². The summed E-state index contributed by atoms with van der Waals surface area (Å²) in [6.07, 6.45) is 2.28. The minimum Gasteiger partial charge on any atom is -0.481 e. The van der Waals surface area contributed by atoms with Crippen LogP contribution in [0.4, 0.5) is 0 Å². The predicted molar refractivity (Wildman–Crippen MR) is 237 cm³/mol. The average Bonchev–Trinajstić information content (AvgIpc) is 3.21. The van der Waals surface area contributed by atoms with Crippen molar-refractivity contribution in [2.45, 2.75) is 189 Å². The summed E-state index contributed by atoms with van der Waals surface area (Å²) in [6.45, 7) is 6.78. The second-order valence-corrected chi connectivity index (χ2v) is 17.8. The van der Waals surface area contributed by atoms with Gasteiger partial charge < -0.3 is 80.9 Å². The highest BCUT2D eigenvalue weighted by molar-refractivity contribution is 5.71. The Bertz CT molecular complexity index is 1620. The van der Waals surface area contributed by atoms with Gasteiger partial charge >= 0.3 is 11.9 Å². The molecule has 2 fully saturated rings. The largest absolute Gasteiger partial charge is 0.481 e. The number of ether oxygens (including phenoxy) is 4. The van der Waals surface area contributed by atoms with Crippen molar-refractivity contribution in [3.63, 3.8) is 0 Å². The molecule has 0 saturated carbocycles. The summed E-state index contributed by atoms with van der Waals surface area (Å²) < 4.78 is 23.2. The highest BCUT2D eigenvalue weighted by atomic mass is 16.7. The molecule has 0 radical (unpaired) electrons.